The van der Waals surface area contributed by atoms with Crippen LogP contribution in [0.2, 0.25) is 0 Å². The molecule has 0 radical (unpaired) electrons. The summed E-state index contributed by atoms with van der Waals surface area (Å²) in [6.07, 6.45) is 1.19. The van der Waals surface area contributed by atoms with E-state index in [9.17, 15) is 0 Å². The molecule has 1 aromatic rings. The van der Waals surface area contributed by atoms with E-state index in [-0.39, 0.29) is 0 Å². The Morgan fingerprint density at radius 3 is 2.71 bits per heavy atom. The van der Waals surface area contributed by atoms with Gasteiger partial charge in [-0.2, -0.15) is 5.10 Å². The summed E-state index contributed by atoms with van der Waals surface area (Å²) in [5, 5.41) is 7.79. The number of hydrogen-bond donors (Lipinski definition) is 1. The minimum Gasteiger partial charge on any atom is -0.311 e. The molecule has 0 aliphatic heterocycles. The Labute approximate surface area is 105 Å². The molecule has 98 valence electrons. The van der Waals surface area contributed by atoms with Crippen molar-refractivity contribution in [1.29, 1.82) is 0 Å². The Kier molecular flexibility index (Phi) is 5.65. The first-order valence-electron chi connectivity index (χ1n) is 6.41. The number of nitrogens with zero attached hydrogens (tertiary/aromatic N) is 3. The SMILES string of the molecule is Cc1cc(CNCCCN(C)C(C)C)n(C)n1. The quantitative estimate of drug-likeness (QED) is 0.732. The van der Waals surface area contributed by atoms with E-state index in [1.807, 2.05) is 18.7 Å². The molecule has 0 saturated heterocycles. The van der Waals surface area contributed by atoms with Crippen LogP contribution >= 0.6 is 0 Å². The lowest BCUT2D eigenvalue weighted by atomic mass is 10.3. The molecule has 0 fully saturated rings. The van der Waals surface area contributed by atoms with E-state index in [4.69, 9.17) is 0 Å². The fourth-order valence-corrected chi connectivity index (χ4v) is 1.76. The molecule has 0 amide bonds. The maximum atomic E-state index is 4.33. The maximum Gasteiger partial charge on any atom is 0.0597 e. The zero-order valence-electron chi connectivity index (χ0n) is 11.8. The minimum absolute atomic E-state index is 0.634. The average molecular weight is 238 g/mol. The molecule has 0 spiro atoms. The fourth-order valence-electron chi connectivity index (χ4n) is 1.76. The lowest BCUT2D eigenvalue weighted by molar-refractivity contribution is 0.269. The van der Waals surface area contributed by atoms with Crippen molar-refractivity contribution in [3.63, 3.8) is 0 Å². The van der Waals surface area contributed by atoms with Crippen LogP contribution in [0.15, 0.2) is 6.07 Å². The van der Waals surface area contributed by atoms with Gasteiger partial charge in [0.1, 0.15) is 0 Å². The molecule has 1 aromatic heterocycles. The molecule has 4 nitrogen and oxygen atoms in total. The Balaban J connectivity index is 2.14. The van der Waals surface area contributed by atoms with Gasteiger partial charge in [0.15, 0.2) is 0 Å². The highest BCUT2D eigenvalue weighted by Gasteiger charge is 2.03. The predicted molar refractivity (Wildman–Crippen MR) is 72.0 cm³/mol. The van der Waals surface area contributed by atoms with E-state index >= 15 is 0 Å². The van der Waals surface area contributed by atoms with Gasteiger partial charge in [-0.3, -0.25) is 4.68 Å². The standard InChI is InChI=1S/C13H26N4/c1-11(2)16(4)8-6-7-14-10-13-9-12(3)15-17(13)5/h9,11,14H,6-8,10H2,1-5H3. The lowest BCUT2D eigenvalue weighted by Gasteiger charge is -2.20. The number of nitrogens with one attached hydrogen (secondary N) is 1. The minimum atomic E-state index is 0.634. The summed E-state index contributed by atoms with van der Waals surface area (Å²) in [4.78, 5) is 2.37. The van der Waals surface area contributed by atoms with Crippen molar-refractivity contribution in [2.45, 2.75) is 39.8 Å². The molecule has 1 rings (SSSR count). The third-order valence-electron chi connectivity index (χ3n) is 3.15. The highest BCUT2D eigenvalue weighted by Crippen LogP contribution is 2.01. The molecular weight excluding hydrogens is 212 g/mol. The normalized spacial score (nSPS) is 11.7. The zero-order chi connectivity index (χ0) is 12.8. The van der Waals surface area contributed by atoms with Crippen molar-refractivity contribution in [1.82, 2.24) is 20.0 Å². The molecule has 0 unspecified atom stereocenters. The summed E-state index contributed by atoms with van der Waals surface area (Å²) in [5.41, 5.74) is 2.34. The van der Waals surface area contributed by atoms with Crippen molar-refractivity contribution in [2.24, 2.45) is 7.05 Å². The van der Waals surface area contributed by atoms with E-state index in [1.54, 1.807) is 0 Å². The first-order valence-corrected chi connectivity index (χ1v) is 6.41. The second-order valence-corrected chi connectivity index (χ2v) is 5.01. The van der Waals surface area contributed by atoms with Crippen LogP contribution in [0.5, 0.6) is 0 Å². The van der Waals surface area contributed by atoms with Crippen LogP contribution in [-0.2, 0) is 13.6 Å². The summed E-state index contributed by atoms with van der Waals surface area (Å²) < 4.78 is 1.95. The molecule has 1 heterocycles. The van der Waals surface area contributed by atoms with Crippen LogP contribution in [-0.4, -0.2) is 40.9 Å². The van der Waals surface area contributed by atoms with E-state index in [0.29, 0.717) is 6.04 Å². The van der Waals surface area contributed by atoms with E-state index in [0.717, 1.165) is 25.3 Å². The van der Waals surface area contributed by atoms with Crippen LogP contribution in [0.25, 0.3) is 0 Å². The third-order valence-corrected chi connectivity index (χ3v) is 3.15. The number of rotatable bonds is 7. The molecule has 17 heavy (non-hydrogen) atoms. The summed E-state index contributed by atoms with van der Waals surface area (Å²) >= 11 is 0. The molecule has 0 atom stereocenters. The van der Waals surface area contributed by atoms with Crippen molar-refractivity contribution >= 4 is 0 Å². The largest absolute Gasteiger partial charge is 0.311 e. The van der Waals surface area contributed by atoms with Gasteiger partial charge in [-0.1, -0.05) is 0 Å². The summed E-state index contributed by atoms with van der Waals surface area (Å²) in [7, 11) is 4.17. The van der Waals surface area contributed by atoms with Gasteiger partial charge in [-0.05, 0) is 53.4 Å². The van der Waals surface area contributed by atoms with Crippen molar-refractivity contribution in [3.05, 3.63) is 17.5 Å². The summed E-state index contributed by atoms with van der Waals surface area (Å²) in [5.74, 6) is 0. The zero-order valence-corrected chi connectivity index (χ0v) is 11.8. The molecule has 0 saturated carbocycles. The van der Waals surface area contributed by atoms with Gasteiger partial charge in [0, 0.05) is 19.6 Å². The smallest absolute Gasteiger partial charge is 0.0597 e. The number of hydrogen-bond acceptors (Lipinski definition) is 3. The van der Waals surface area contributed by atoms with Gasteiger partial charge in [0.05, 0.1) is 11.4 Å². The van der Waals surface area contributed by atoms with Crippen molar-refractivity contribution < 1.29 is 0 Å². The molecule has 0 aliphatic carbocycles. The van der Waals surface area contributed by atoms with E-state index in [1.165, 1.54) is 12.1 Å². The number of aromatic nitrogens is 2. The Morgan fingerprint density at radius 2 is 2.18 bits per heavy atom. The highest BCUT2D eigenvalue weighted by atomic mass is 15.3. The first-order chi connectivity index (χ1) is 8.00. The molecular formula is C13H26N4. The Hall–Kier alpha value is -0.870. The van der Waals surface area contributed by atoms with Gasteiger partial charge >= 0.3 is 0 Å². The van der Waals surface area contributed by atoms with Gasteiger partial charge in [0.25, 0.3) is 0 Å². The van der Waals surface area contributed by atoms with Crippen molar-refractivity contribution in [3.8, 4) is 0 Å². The third kappa shape index (κ3) is 4.88. The van der Waals surface area contributed by atoms with Gasteiger partial charge in [0.2, 0.25) is 0 Å². The van der Waals surface area contributed by atoms with Crippen LogP contribution in [0.1, 0.15) is 31.7 Å². The predicted octanol–water partition coefficient (Wildman–Crippen LogP) is 1.55. The van der Waals surface area contributed by atoms with Gasteiger partial charge < -0.3 is 10.2 Å². The molecule has 0 aromatic carbocycles. The van der Waals surface area contributed by atoms with E-state index < -0.39 is 0 Å². The van der Waals surface area contributed by atoms with Crippen LogP contribution in [0.4, 0.5) is 0 Å². The lowest BCUT2D eigenvalue weighted by Crippen LogP contribution is -2.29. The molecule has 0 bridgehead atoms. The monoisotopic (exact) mass is 238 g/mol. The second-order valence-electron chi connectivity index (χ2n) is 5.01. The average Bonchev–Trinajstić information content (AvgIpc) is 2.56. The topological polar surface area (TPSA) is 33.1 Å². The molecule has 0 aliphatic rings. The number of aryl methyl sites for hydroxylation is 2. The van der Waals surface area contributed by atoms with E-state index in [2.05, 4.69) is 42.3 Å². The highest BCUT2D eigenvalue weighted by molar-refractivity contribution is 5.08. The van der Waals surface area contributed by atoms with Crippen LogP contribution in [0, 0.1) is 6.92 Å². The summed E-state index contributed by atoms with van der Waals surface area (Å²) in [6.45, 7) is 9.60. The van der Waals surface area contributed by atoms with Crippen LogP contribution < -0.4 is 5.32 Å². The summed E-state index contributed by atoms with van der Waals surface area (Å²) in [6, 6.07) is 2.77. The molecule has 1 N–H and O–H groups in total. The van der Waals surface area contributed by atoms with Gasteiger partial charge in [-0.25, -0.2) is 0 Å². The van der Waals surface area contributed by atoms with Crippen molar-refractivity contribution in [2.75, 3.05) is 20.1 Å². The maximum absolute atomic E-state index is 4.33. The molecule has 4 heteroatoms. The first kappa shape index (κ1) is 14.2. The second kappa shape index (κ2) is 6.77. The van der Waals surface area contributed by atoms with Gasteiger partial charge in [-0.15, -0.1) is 0 Å². The fraction of sp³-hybridized carbons (Fsp3) is 0.769. The Bertz CT molecular complexity index is 330. The Morgan fingerprint density at radius 1 is 1.47 bits per heavy atom. The van der Waals surface area contributed by atoms with Crippen LogP contribution in [0.3, 0.4) is 0 Å².